The van der Waals surface area contributed by atoms with E-state index in [1.807, 2.05) is 36.4 Å². The Morgan fingerprint density at radius 1 is 0.923 bits per heavy atom. The van der Waals surface area contributed by atoms with Gasteiger partial charge in [0.15, 0.2) is 0 Å². The van der Waals surface area contributed by atoms with E-state index in [-0.39, 0.29) is 18.4 Å². The number of rotatable bonds is 4. The first-order chi connectivity index (χ1) is 12.5. The lowest BCUT2D eigenvalue weighted by atomic mass is 10.1. The standard InChI is InChI=1S/C20H16Cl2N2O2/c1-24(12-18(25)23-19-16(21)7-4-8-17(19)22)20(26)15-10-9-13-5-2-3-6-14(13)11-15/h2-11H,12H2,1H3,(H,23,25). The second kappa shape index (κ2) is 7.77. The van der Waals surface area contributed by atoms with Crippen molar-refractivity contribution < 1.29 is 9.59 Å². The Labute approximate surface area is 161 Å². The van der Waals surface area contributed by atoms with Gasteiger partial charge in [-0.3, -0.25) is 9.59 Å². The van der Waals surface area contributed by atoms with Gasteiger partial charge in [0.05, 0.1) is 22.3 Å². The zero-order chi connectivity index (χ0) is 18.7. The molecular formula is C20H16Cl2N2O2. The van der Waals surface area contributed by atoms with E-state index in [0.717, 1.165) is 10.8 Å². The highest BCUT2D eigenvalue weighted by Gasteiger charge is 2.17. The first-order valence-electron chi connectivity index (χ1n) is 7.94. The Kier molecular flexibility index (Phi) is 5.45. The minimum atomic E-state index is -0.378. The Hall–Kier alpha value is -2.56. The Morgan fingerprint density at radius 3 is 2.27 bits per heavy atom. The van der Waals surface area contributed by atoms with E-state index in [1.165, 1.54) is 4.90 Å². The fourth-order valence-electron chi connectivity index (χ4n) is 2.63. The van der Waals surface area contributed by atoms with E-state index in [2.05, 4.69) is 5.32 Å². The molecule has 132 valence electrons. The van der Waals surface area contributed by atoms with Gasteiger partial charge >= 0.3 is 0 Å². The quantitative estimate of drug-likeness (QED) is 0.695. The SMILES string of the molecule is CN(CC(=O)Nc1c(Cl)cccc1Cl)C(=O)c1ccc2ccccc2c1. The van der Waals surface area contributed by atoms with E-state index in [4.69, 9.17) is 23.2 Å². The fraction of sp³-hybridized carbons (Fsp3) is 0.100. The average Bonchev–Trinajstić information content (AvgIpc) is 2.63. The van der Waals surface area contributed by atoms with Crippen LogP contribution in [-0.2, 0) is 4.79 Å². The number of fused-ring (bicyclic) bond motifs is 1. The third-order valence-corrected chi connectivity index (χ3v) is 4.58. The number of carbonyl (C=O) groups excluding carboxylic acids is 2. The van der Waals surface area contributed by atoms with Gasteiger partial charge in [-0.1, -0.05) is 59.6 Å². The van der Waals surface area contributed by atoms with Crippen molar-refractivity contribution in [3.8, 4) is 0 Å². The molecular weight excluding hydrogens is 371 g/mol. The van der Waals surface area contributed by atoms with Gasteiger partial charge in [0, 0.05) is 12.6 Å². The molecule has 0 aliphatic carbocycles. The van der Waals surface area contributed by atoms with Crippen LogP contribution >= 0.6 is 23.2 Å². The molecule has 4 nitrogen and oxygen atoms in total. The molecule has 3 rings (SSSR count). The second-order valence-corrected chi connectivity index (χ2v) is 6.68. The van der Waals surface area contributed by atoms with E-state index in [9.17, 15) is 9.59 Å². The minimum Gasteiger partial charge on any atom is -0.332 e. The van der Waals surface area contributed by atoms with Gasteiger partial charge in [0.1, 0.15) is 0 Å². The van der Waals surface area contributed by atoms with Crippen LogP contribution in [0, 0.1) is 0 Å². The van der Waals surface area contributed by atoms with Gasteiger partial charge < -0.3 is 10.2 Å². The number of nitrogens with one attached hydrogen (secondary N) is 1. The van der Waals surface area contributed by atoms with Gasteiger partial charge in [-0.15, -0.1) is 0 Å². The number of anilines is 1. The number of likely N-dealkylation sites (N-methyl/N-ethyl adjacent to an activating group) is 1. The molecule has 1 N–H and O–H groups in total. The third kappa shape index (κ3) is 3.98. The van der Waals surface area contributed by atoms with Gasteiger partial charge in [0.2, 0.25) is 5.91 Å². The fourth-order valence-corrected chi connectivity index (χ4v) is 3.12. The normalized spacial score (nSPS) is 10.6. The average molecular weight is 387 g/mol. The predicted octanol–water partition coefficient (Wildman–Crippen LogP) is 4.86. The van der Waals surface area contributed by atoms with E-state index >= 15 is 0 Å². The van der Waals surface area contributed by atoms with Crippen molar-refractivity contribution in [2.75, 3.05) is 18.9 Å². The summed E-state index contributed by atoms with van der Waals surface area (Å²) in [4.78, 5) is 26.2. The Bertz CT molecular complexity index is 968. The molecule has 0 radical (unpaired) electrons. The second-order valence-electron chi connectivity index (χ2n) is 5.87. The summed E-state index contributed by atoms with van der Waals surface area (Å²) < 4.78 is 0. The highest BCUT2D eigenvalue weighted by molar-refractivity contribution is 6.39. The molecule has 26 heavy (non-hydrogen) atoms. The molecule has 0 aliphatic heterocycles. The molecule has 0 unspecified atom stereocenters. The maximum atomic E-state index is 12.6. The molecule has 0 saturated carbocycles. The molecule has 0 heterocycles. The predicted molar refractivity (Wildman–Crippen MR) is 106 cm³/mol. The van der Waals surface area contributed by atoms with Gasteiger partial charge in [-0.25, -0.2) is 0 Å². The Morgan fingerprint density at radius 2 is 1.58 bits per heavy atom. The van der Waals surface area contributed by atoms with Crippen molar-refractivity contribution in [2.45, 2.75) is 0 Å². The summed E-state index contributed by atoms with van der Waals surface area (Å²) in [7, 11) is 1.57. The number of hydrogen-bond acceptors (Lipinski definition) is 2. The van der Waals surface area contributed by atoms with Crippen LogP contribution in [0.5, 0.6) is 0 Å². The highest BCUT2D eigenvalue weighted by Crippen LogP contribution is 2.29. The van der Waals surface area contributed by atoms with E-state index < -0.39 is 0 Å². The van der Waals surface area contributed by atoms with Crippen molar-refractivity contribution >= 4 is 51.5 Å². The molecule has 0 bridgehead atoms. The highest BCUT2D eigenvalue weighted by atomic mass is 35.5. The third-order valence-electron chi connectivity index (χ3n) is 3.95. The number of para-hydroxylation sites is 1. The number of carbonyl (C=O) groups is 2. The maximum Gasteiger partial charge on any atom is 0.254 e. The summed E-state index contributed by atoms with van der Waals surface area (Å²) in [6, 6.07) is 18.2. The summed E-state index contributed by atoms with van der Waals surface area (Å²) in [5, 5.41) is 5.36. The van der Waals surface area contributed by atoms with Crippen molar-refractivity contribution in [2.24, 2.45) is 0 Å². The van der Waals surface area contributed by atoms with E-state index in [1.54, 1.807) is 31.3 Å². The van der Waals surface area contributed by atoms with Crippen LogP contribution in [-0.4, -0.2) is 30.3 Å². The zero-order valence-corrected chi connectivity index (χ0v) is 15.5. The number of nitrogens with zero attached hydrogens (tertiary/aromatic N) is 1. The summed E-state index contributed by atoms with van der Waals surface area (Å²) in [5.41, 5.74) is 0.863. The molecule has 0 saturated heterocycles. The number of benzene rings is 3. The lowest BCUT2D eigenvalue weighted by Gasteiger charge is -2.18. The summed E-state index contributed by atoms with van der Waals surface area (Å²) in [6.45, 7) is -0.118. The molecule has 3 aromatic carbocycles. The minimum absolute atomic E-state index is 0.118. The molecule has 0 atom stereocenters. The summed E-state index contributed by atoms with van der Waals surface area (Å²) >= 11 is 12.1. The zero-order valence-electron chi connectivity index (χ0n) is 14.0. The van der Waals surface area contributed by atoms with Crippen LogP contribution in [0.25, 0.3) is 10.8 Å². The molecule has 0 aromatic heterocycles. The number of hydrogen-bond donors (Lipinski definition) is 1. The molecule has 3 aromatic rings. The molecule has 2 amide bonds. The van der Waals surface area contributed by atoms with E-state index in [0.29, 0.717) is 21.3 Å². The molecule has 0 fully saturated rings. The number of halogens is 2. The van der Waals surface area contributed by atoms with Gasteiger partial charge in [-0.05, 0) is 35.0 Å². The smallest absolute Gasteiger partial charge is 0.254 e. The van der Waals surface area contributed by atoms with Gasteiger partial charge in [0.25, 0.3) is 5.91 Å². The monoisotopic (exact) mass is 386 g/mol. The number of amides is 2. The van der Waals surface area contributed by atoms with Gasteiger partial charge in [-0.2, -0.15) is 0 Å². The van der Waals surface area contributed by atoms with Crippen LogP contribution in [0.1, 0.15) is 10.4 Å². The topological polar surface area (TPSA) is 49.4 Å². The van der Waals surface area contributed by atoms with Crippen molar-refractivity contribution in [1.82, 2.24) is 4.90 Å². The maximum absolute atomic E-state index is 12.6. The van der Waals surface area contributed by atoms with Crippen molar-refractivity contribution in [3.05, 3.63) is 76.3 Å². The van der Waals surface area contributed by atoms with Crippen LogP contribution in [0.4, 0.5) is 5.69 Å². The molecule has 0 spiro atoms. The largest absolute Gasteiger partial charge is 0.332 e. The first kappa shape index (κ1) is 18.2. The Balaban J connectivity index is 1.71. The van der Waals surface area contributed by atoms with Crippen molar-refractivity contribution in [1.29, 1.82) is 0 Å². The molecule has 0 aliphatic rings. The summed E-state index contributed by atoms with van der Waals surface area (Å²) in [5.74, 6) is -0.618. The molecule has 6 heteroatoms. The lowest BCUT2D eigenvalue weighted by molar-refractivity contribution is -0.116. The van der Waals surface area contributed by atoms with Crippen LogP contribution in [0.3, 0.4) is 0 Å². The van der Waals surface area contributed by atoms with Crippen molar-refractivity contribution in [3.63, 3.8) is 0 Å². The van der Waals surface area contributed by atoms with Crippen LogP contribution < -0.4 is 5.32 Å². The lowest BCUT2D eigenvalue weighted by Crippen LogP contribution is -2.35. The van der Waals surface area contributed by atoms with Crippen LogP contribution in [0.15, 0.2) is 60.7 Å². The van der Waals surface area contributed by atoms with Crippen LogP contribution in [0.2, 0.25) is 10.0 Å². The summed E-state index contributed by atoms with van der Waals surface area (Å²) in [6.07, 6.45) is 0. The first-order valence-corrected chi connectivity index (χ1v) is 8.69.